The number of carbonyl (C=O) groups excluding carboxylic acids is 1. The maximum atomic E-state index is 11.9. The molecule has 0 aliphatic heterocycles. The predicted molar refractivity (Wildman–Crippen MR) is 93.8 cm³/mol. The molecular weight excluding hydrogens is 342 g/mol. The summed E-state index contributed by atoms with van der Waals surface area (Å²) < 4.78 is 4.96. The van der Waals surface area contributed by atoms with Gasteiger partial charge in [-0.05, 0) is 18.6 Å². The Morgan fingerprint density at radius 2 is 1.81 bits per heavy atom. The van der Waals surface area contributed by atoms with Crippen LogP contribution in [0.2, 0.25) is 0 Å². The molecule has 2 aromatic rings. The summed E-state index contributed by atoms with van der Waals surface area (Å²) in [4.78, 5) is 32.6. The summed E-state index contributed by atoms with van der Waals surface area (Å²) in [6.07, 6.45) is -0.0496. The SMILES string of the molecule is CCOC(=O)CC(Nc1ccc([N+](=O)[O-])cc1[N+](=O)[O-])c1ccccc1. The van der Waals surface area contributed by atoms with Crippen LogP contribution in [0, 0.1) is 20.2 Å². The Morgan fingerprint density at radius 1 is 1.12 bits per heavy atom. The maximum Gasteiger partial charge on any atom is 0.308 e. The first kappa shape index (κ1) is 18.8. The number of nitrogens with one attached hydrogen (secondary N) is 1. The number of carbonyl (C=O) groups is 1. The molecule has 0 aliphatic rings. The highest BCUT2D eigenvalue weighted by atomic mass is 16.6. The second-order valence-corrected chi connectivity index (χ2v) is 5.33. The lowest BCUT2D eigenvalue weighted by Gasteiger charge is -2.19. The van der Waals surface area contributed by atoms with E-state index in [0.717, 1.165) is 11.6 Å². The number of rotatable bonds is 8. The molecule has 0 spiro atoms. The third kappa shape index (κ3) is 4.76. The van der Waals surface area contributed by atoms with Crippen LogP contribution in [0.1, 0.15) is 24.9 Å². The van der Waals surface area contributed by atoms with Gasteiger partial charge in [0.1, 0.15) is 5.69 Å². The molecule has 0 aromatic heterocycles. The van der Waals surface area contributed by atoms with Crippen LogP contribution in [0.25, 0.3) is 0 Å². The van der Waals surface area contributed by atoms with Gasteiger partial charge in [0.15, 0.2) is 0 Å². The number of hydrogen-bond acceptors (Lipinski definition) is 7. The highest BCUT2D eigenvalue weighted by Crippen LogP contribution is 2.32. The number of anilines is 1. The van der Waals surface area contributed by atoms with Crippen molar-refractivity contribution in [3.63, 3.8) is 0 Å². The highest BCUT2D eigenvalue weighted by Gasteiger charge is 2.24. The van der Waals surface area contributed by atoms with Crippen molar-refractivity contribution in [1.29, 1.82) is 0 Å². The summed E-state index contributed by atoms with van der Waals surface area (Å²) in [6, 6.07) is 11.6. The molecule has 26 heavy (non-hydrogen) atoms. The summed E-state index contributed by atoms with van der Waals surface area (Å²) in [6.45, 7) is 1.90. The lowest BCUT2D eigenvalue weighted by Crippen LogP contribution is -2.18. The van der Waals surface area contributed by atoms with Gasteiger partial charge in [0, 0.05) is 6.07 Å². The molecule has 0 radical (unpaired) electrons. The monoisotopic (exact) mass is 359 g/mol. The van der Waals surface area contributed by atoms with Crippen LogP contribution < -0.4 is 5.32 Å². The van der Waals surface area contributed by atoms with Crippen LogP contribution in [0.15, 0.2) is 48.5 Å². The fourth-order valence-corrected chi connectivity index (χ4v) is 2.42. The summed E-state index contributed by atoms with van der Waals surface area (Å²) in [5.41, 5.74) is -0.0140. The maximum absolute atomic E-state index is 11.9. The fourth-order valence-electron chi connectivity index (χ4n) is 2.42. The molecule has 0 bridgehead atoms. The zero-order valence-corrected chi connectivity index (χ0v) is 14.0. The molecule has 0 saturated carbocycles. The molecule has 0 amide bonds. The molecule has 0 saturated heterocycles. The molecule has 1 atom stereocenters. The third-order valence-corrected chi connectivity index (χ3v) is 3.60. The van der Waals surface area contributed by atoms with Crippen LogP contribution in [0.4, 0.5) is 17.1 Å². The van der Waals surface area contributed by atoms with Crippen molar-refractivity contribution in [3.8, 4) is 0 Å². The summed E-state index contributed by atoms with van der Waals surface area (Å²) >= 11 is 0. The zero-order chi connectivity index (χ0) is 19.1. The average Bonchev–Trinajstić information content (AvgIpc) is 2.62. The van der Waals surface area contributed by atoms with Crippen molar-refractivity contribution in [3.05, 3.63) is 74.3 Å². The van der Waals surface area contributed by atoms with Gasteiger partial charge in [0.05, 0.1) is 35.0 Å². The molecule has 1 unspecified atom stereocenters. The molecule has 0 fully saturated rings. The van der Waals surface area contributed by atoms with E-state index in [-0.39, 0.29) is 24.4 Å². The highest BCUT2D eigenvalue weighted by molar-refractivity contribution is 5.72. The van der Waals surface area contributed by atoms with Gasteiger partial charge in [0.25, 0.3) is 11.4 Å². The van der Waals surface area contributed by atoms with Crippen molar-refractivity contribution in [1.82, 2.24) is 0 Å². The van der Waals surface area contributed by atoms with Gasteiger partial charge < -0.3 is 10.1 Å². The van der Waals surface area contributed by atoms with E-state index in [9.17, 15) is 25.0 Å². The van der Waals surface area contributed by atoms with E-state index < -0.39 is 27.5 Å². The Labute approximate surface area is 148 Å². The molecule has 2 aromatic carbocycles. The van der Waals surface area contributed by atoms with E-state index in [4.69, 9.17) is 4.74 Å². The number of hydrogen-bond donors (Lipinski definition) is 1. The van der Waals surface area contributed by atoms with Gasteiger partial charge in [-0.25, -0.2) is 0 Å². The standard InChI is InChI=1S/C17H17N3O6/c1-2-26-17(21)11-15(12-6-4-3-5-7-12)18-14-9-8-13(19(22)23)10-16(14)20(24)25/h3-10,15,18H,2,11H2,1H3. The van der Waals surface area contributed by atoms with Crippen LogP contribution in [0.3, 0.4) is 0 Å². The molecule has 0 heterocycles. The van der Waals surface area contributed by atoms with Gasteiger partial charge >= 0.3 is 5.97 Å². The molecule has 2 rings (SSSR count). The summed E-state index contributed by atoms with van der Waals surface area (Å²) in [5, 5.41) is 25.1. The quantitative estimate of drug-likeness (QED) is 0.433. The van der Waals surface area contributed by atoms with E-state index in [1.165, 1.54) is 12.1 Å². The number of nitro benzene ring substituents is 2. The second-order valence-electron chi connectivity index (χ2n) is 5.33. The normalized spacial score (nSPS) is 11.4. The third-order valence-electron chi connectivity index (χ3n) is 3.60. The van der Waals surface area contributed by atoms with E-state index in [0.29, 0.717) is 0 Å². The lowest BCUT2D eigenvalue weighted by molar-refractivity contribution is -0.393. The Morgan fingerprint density at radius 3 is 2.38 bits per heavy atom. The van der Waals surface area contributed by atoms with Crippen molar-refractivity contribution in [2.24, 2.45) is 0 Å². The number of ether oxygens (including phenoxy) is 1. The fraction of sp³-hybridized carbons (Fsp3) is 0.235. The smallest absolute Gasteiger partial charge is 0.308 e. The summed E-state index contributed by atoms with van der Waals surface area (Å²) in [5.74, 6) is -0.460. The number of nitro groups is 2. The first-order chi connectivity index (χ1) is 12.4. The van der Waals surface area contributed by atoms with Gasteiger partial charge in [0.2, 0.25) is 0 Å². The second kappa shape index (κ2) is 8.56. The minimum Gasteiger partial charge on any atom is -0.466 e. The first-order valence-electron chi connectivity index (χ1n) is 7.82. The number of benzene rings is 2. The van der Waals surface area contributed by atoms with Crippen LogP contribution in [-0.2, 0) is 9.53 Å². The minimum absolute atomic E-state index is 0.0496. The number of non-ortho nitro benzene ring substituents is 1. The topological polar surface area (TPSA) is 125 Å². The number of esters is 1. The van der Waals surface area contributed by atoms with Crippen molar-refractivity contribution >= 4 is 23.0 Å². The predicted octanol–water partition coefficient (Wildman–Crippen LogP) is 3.61. The molecule has 0 aliphatic carbocycles. The van der Waals surface area contributed by atoms with Crippen LogP contribution in [0.5, 0.6) is 0 Å². The number of nitrogens with zero attached hydrogens (tertiary/aromatic N) is 2. The average molecular weight is 359 g/mol. The summed E-state index contributed by atoms with van der Waals surface area (Å²) in [7, 11) is 0. The molecule has 136 valence electrons. The van der Waals surface area contributed by atoms with Crippen LogP contribution >= 0.6 is 0 Å². The Kier molecular flexibility index (Phi) is 6.20. The van der Waals surface area contributed by atoms with E-state index in [1.54, 1.807) is 37.3 Å². The largest absolute Gasteiger partial charge is 0.466 e. The van der Waals surface area contributed by atoms with Gasteiger partial charge in [-0.1, -0.05) is 30.3 Å². The van der Waals surface area contributed by atoms with Gasteiger partial charge in [-0.15, -0.1) is 0 Å². The molecule has 9 heteroatoms. The van der Waals surface area contributed by atoms with Gasteiger partial charge in [-0.3, -0.25) is 25.0 Å². The molecular formula is C17H17N3O6. The van der Waals surface area contributed by atoms with Crippen molar-refractivity contribution < 1.29 is 19.4 Å². The molecule has 1 N–H and O–H groups in total. The van der Waals surface area contributed by atoms with Gasteiger partial charge in [-0.2, -0.15) is 0 Å². The lowest BCUT2D eigenvalue weighted by atomic mass is 10.0. The van der Waals surface area contributed by atoms with Crippen molar-refractivity contribution in [2.75, 3.05) is 11.9 Å². The van der Waals surface area contributed by atoms with Crippen LogP contribution in [-0.4, -0.2) is 22.4 Å². The Balaban J connectivity index is 2.37. The van der Waals surface area contributed by atoms with Crippen molar-refractivity contribution in [2.45, 2.75) is 19.4 Å². The van der Waals surface area contributed by atoms with E-state index >= 15 is 0 Å². The Bertz CT molecular complexity index is 809. The van der Waals surface area contributed by atoms with E-state index in [1.807, 2.05) is 0 Å². The van der Waals surface area contributed by atoms with E-state index in [2.05, 4.69) is 5.32 Å². The molecule has 9 nitrogen and oxygen atoms in total. The zero-order valence-electron chi connectivity index (χ0n) is 14.0. The minimum atomic E-state index is -0.707. The Hall–Kier alpha value is -3.49. The first-order valence-corrected chi connectivity index (χ1v) is 7.82.